The number of carbonyl (C=O) groups excluding carboxylic acids is 1. The number of hydrogen-bond acceptors (Lipinski definition) is 4. The Balaban J connectivity index is 2.26. The molecular formula is C13H16O4. The van der Waals surface area contributed by atoms with Gasteiger partial charge in [-0.2, -0.15) is 0 Å². The molecule has 1 aromatic rings. The zero-order valence-corrected chi connectivity index (χ0v) is 9.70. The van der Waals surface area contributed by atoms with Crippen LogP contribution in [0, 0.1) is 0 Å². The molecule has 0 saturated heterocycles. The fourth-order valence-corrected chi connectivity index (χ4v) is 1.28. The molecule has 92 valence electrons. The summed E-state index contributed by atoms with van der Waals surface area (Å²) in [4.78, 5) is 10.6. The van der Waals surface area contributed by atoms with Crippen molar-refractivity contribution in [1.29, 1.82) is 0 Å². The maximum atomic E-state index is 10.6. The highest BCUT2D eigenvalue weighted by molar-refractivity contribution is 5.59. The summed E-state index contributed by atoms with van der Waals surface area (Å²) < 4.78 is 8.95. The first-order chi connectivity index (χ1) is 8.24. The summed E-state index contributed by atoms with van der Waals surface area (Å²) in [6.07, 6.45) is 2.67. The van der Waals surface area contributed by atoms with Gasteiger partial charge in [0.2, 0.25) is 0 Å². The van der Waals surface area contributed by atoms with Gasteiger partial charge >= 0.3 is 6.16 Å². The van der Waals surface area contributed by atoms with Gasteiger partial charge in [0, 0.05) is 0 Å². The second-order valence-corrected chi connectivity index (χ2v) is 3.40. The van der Waals surface area contributed by atoms with Crippen LogP contribution in [-0.2, 0) is 9.47 Å². The van der Waals surface area contributed by atoms with Crippen molar-refractivity contribution < 1.29 is 19.4 Å². The van der Waals surface area contributed by atoms with Gasteiger partial charge in [-0.15, -0.1) is 0 Å². The summed E-state index contributed by atoms with van der Waals surface area (Å²) in [6, 6.07) is 9.38. The average Bonchev–Trinajstić information content (AvgIpc) is 2.38. The third-order valence-electron chi connectivity index (χ3n) is 2.17. The topological polar surface area (TPSA) is 55.8 Å². The number of carbonyl (C=O) groups is 1. The summed E-state index contributed by atoms with van der Waals surface area (Å²) in [5.74, 6) is 0. The van der Waals surface area contributed by atoms with E-state index in [4.69, 9.17) is 0 Å². The second-order valence-electron chi connectivity index (χ2n) is 3.40. The van der Waals surface area contributed by atoms with Crippen molar-refractivity contribution in [1.82, 2.24) is 0 Å². The Labute approximate surface area is 100 Å². The van der Waals surface area contributed by atoms with E-state index in [1.54, 1.807) is 12.2 Å². The van der Waals surface area contributed by atoms with Crippen molar-refractivity contribution in [2.45, 2.75) is 12.5 Å². The highest BCUT2D eigenvalue weighted by Crippen LogP contribution is 2.15. The van der Waals surface area contributed by atoms with Crippen LogP contribution < -0.4 is 0 Å². The first-order valence-electron chi connectivity index (χ1n) is 5.32. The Bertz CT molecular complexity index is 359. The molecule has 0 aliphatic heterocycles. The Hall–Kier alpha value is -1.81. The number of methoxy groups -OCH3 is 1. The smallest absolute Gasteiger partial charge is 0.438 e. The van der Waals surface area contributed by atoms with Crippen molar-refractivity contribution in [3.63, 3.8) is 0 Å². The maximum Gasteiger partial charge on any atom is 0.508 e. The van der Waals surface area contributed by atoms with Gasteiger partial charge in [0.1, 0.15) is 6.61 Å². The first kappa shape index (κ1) is 13.3. The minimum Gasteiger partial charge on any atom is -0.438 e. The molecule has 0 fully saturated rings. The van der Waals surface area contributed by atoms with Crippen molar-refractivity contribution in [3.8, 4) is 0 Å². The van der Waals surface area contributed by atoms with E-state index in [9.17, 15) is 9.90 Å². The third-order valence-corrected chi connectivity index (χ3v) is 2.17. The lowest BCUT2D eigenvalue weighted by Gasteiger charge is -2.07. The van der Waals surface area contributed by atoms with Crippen molar-refractivity contribution >= 4 is 6.16 Å². The van der Waals surface area contributed by atoms with E-state index in [1.807, 2.05) is 30.3 Å². The van der Waals surface area contributed by atoms with Crippen LogP contribution in [0.4, 0.5) is 4.79 Å². The molecule has 0 saturated carbocycles. The Morgan fingerprint density at radius 1 is 1.35 bits per heavy atom. The van der Waals surface area contributed by atoms with Crippen LogP contribution in [0.5, 0.6) is 0 Å². The molecule has 1 rings (SSSR count). The highest BCUT2D eigenvalue weighted by atomic mass is 16.7. The van der Waals surface area contributed by atoms with Crippen LogP contribution in [0.2, 0.25) is 0 Å². The molecule has 0 amide bonds. The van der Waals surface area contributed by atoms with Crippen LogP contribution in [0.15, 0.2) is 42.5 Å². The lowest BCUT2D eigenvalue weighted by atomic mass is 10.1. The SMILES string of the molecule is COC(=O)OC/C=C/CC(O)c1ccccc1. The van der Waals surface area contributed by atoms with Gasteiger partial charge in [-0.3, -0.25) is 0 Å². The molecule has 0 aliphatic rings. The van der Waals surface area contributed by atoms with E-state index >= 15 is 0 Å². The third kappa shape index (κ3) is 5.17. The Morgan fingerprint density at radius 2 is 2.06 bits per heavy atom. The lowest BCUT2D eigenvalue weighted by Crippen LogP contribution is -2.03. The van der Waals surface area contributed by atoms with E-state index < -0.39 is 12.3 Å². The molecule has 17 heavy (non-hydrogen) atoms. The molecule has 1 N–H and O–H groups in total. The molecule has 0 aromatic heterocycles. The summed E-state index contributed by atoms with van der Waals surface area (Å²) in [6.45, 7) is 0.147. The molecule has 1 atom stereocenters. The molecule has 0 spiro atoms. The number of hydrogen-bond donors (Lipinski definition) is 1. The van der Waals surface area contributed by atoms with Crippen LogP contribution in [0.25, 0.3) is 0 Å². The minimum absolute atomic E-state index is 0.147. The van der Waals surface area contributed by atoms with Gasteiger partial charge in [0.25, 0.3) is 0 Å². The standard InChI is InChI=1S/C13H16O4/c1-16-13(15)17-10-6-5-9-12(14)11-7-3-2-4-8-11/h2-8,12,14H,9-10H2,1H3/b6-5+. The van der Waals surface area contributed by atoms with Gasteiger partial charge < -0.3 is 14.6 Å². The summed E-state index contributed by atoms with van der Waals surface area (Å²) in [7, 11) is 1.26. The molecule has 0 heterocycles. The molecular weight excluding hydrogens is 220 g/mol. The summed E-state index contributed by atoms with van der Waals surface area (Å²) >= 11 is 0. The zero-order chi connectivity index (χ0) is 12.5. The van der Waals surface area contributed by atoms with E-state index in [2.05, 4.69) is 9.47 Å². The Morgan fingerprint density at radius 3 is 2.71 bits per heavy atom. The second kappa shape index (κ2) is 7.46. The Kier molecular flexibility index (Phi) is 5.82. The largest absolute Gasteiger partial charge is 0.508 e. The molecule has 4 heteroatoms. The number of benzene rings is 1. The van der Waals surface area contributed by atoms with E-state index in [0.717, 1.165) is 5.56 Å². The predicted octanol–water partition coefficient (Wildman–Crippen LogP) is 2.45. The van der Waals surface area contributed by atoms with Gasteiger partial charge in [-0.1, -0.05) is 42.5 Å². The average molecular weight is 236 g/mol. The number of ether oxygens (including phenoxy) is 2. The van der Waals surface area contributed by atoms with Crippen LogP contribution in [-0.4, -0.2) is 25.0 Å². The minimum atomic E-state index is -0.710. The molecule has 1 aromatic carbocycles. The fraction of sp³-hybridized carbons (Fsp3) is 0.308. The summed E-state index contributed by atoms with van der Waals surface area (Å²) in [5, 5.41) is 9.79. The molecule has 0 bridgehead atoms. The van der Waals surface area contributed by atoms with Gasteiger partial charge in [-0.25, -0.2) is 4.79 Å². The highest BCUT2D eigenvalue weighted by Gasteiger charge is 2.03. The van der Waals surface area contributed by atoms with Crippen LogP contribution >= 0.6 is 0 Å². The monoisotopic (exact) mass is 236 g/mol. The zero-order valence-electron chi connectivity index (χ0n) is 9.70. The van der Waals surface area contributed by atoms with Gasteiger partial charge in [-0.05, 0) is 12.0 Å². The van der Waals surface area contributed by atoms with E-state index in [0.29, 0.717) is 6.42 Å². The normalized spacial score (nSPS) is 12.4. The van der Waals surface area contributed by atoms with Crippen LogP contribution in [0.1, 0.15) is 18.1 Å². The van der Waals surface area contributed by atoms with Crippen molar-refractivity contribution in [3.05, 3.63) is 48.0 Å². The van der Waals surface area contributed by atoms with E-state index in [1.165, 1.54) is 7.11 Å². The molecule has 0 aliphatic carbocycles. The summed E-state index contributed by atoms with van der Waals surface area (Å²) in [5.41, 5.74) is 0.867. The quantitative estimate of drug-likeness (QED) is 0.630. The lowest BCUT2D eigenvalue weighted by molar-refractivity contribution is 0.0817. The van der Waals surface area contributed by atoms with Gasteiger partial charge in [0.05, 0.1) is 13.2 Å². The van der Waals surface area contributed by atoms with Crippen molar-refractivity contribution in [2.24, 2.45) is 0 Å². The van der Waals surface area contributed by atoms with Crippen LogP contribution in [0.3, 0.4) is 0 Å². The predicted molar refractivity (Wildman–Crippen MR) is 63.5 cm³/mol. The maximum absolute atomic E-state index is 10.6. The van der Waals surface area contributed by atoms with Gasteiger partial charge in [0.15, 0.2) is 0 Å². The van der Waals surface area contributed by atoms with E-state index in [-0.39, 0.29) is 6.61 Å². The van der Waals surface area contributed by atoms with Crippen molar-refractivity contribution in [2.75, 3.05) is 13.7 Å². The first-order valence-corrected chi connectivity index (χ1v) is 5.32. The number of aliphatic hydroxyl groups is 1. The molecule has 1 unspecified atom stereocenters. The number of aliphatic hydroxyl groups excluding tert-OH is 1. The molecule has 0 radical (unpaired) electrons. The number of rotatable bonds is 5. The fourth-order valence-electron chi connectivity index (χ4n) is 1.28. The molecule has 4 nitrogen and oxygen atoms in total.